The summed E-state index contributed by atoms with van der Waals surface area (Å²) in [7, 11) is 0. The lowest BCUT2D eigenvalue weighted by Gasteiger charge is -2.11. The van der Waals surface area contributed by atoms with Gasteiger partial charge in [-0.3, -0.25) is 0 Å². The molecule has 0 spiro atoms. The number of hydrogen-bond acceptors (Lipinski definition) is 2. The van der Waals surface area contributed by atoms with Gasteiger partial charge in [-0.1, -0.05) is 32.0 Å². The minimum Gasteiger partial charge on any atom is -0.465 e. The Bertz CT molecular complexity index is 459. The van der Waals surface area contributed by atoms with Gasteiger partial charge in [0.05, 0.1) is 5.75 Å². The summed E-state index contributed by atoms with van der Waals surface area (Å²) >= 11 is -1.90. The van der Waals surface area contributed by atoms with Crippen molar-refractivity contribution in [1.82, 2.24) is 5.32 Å². The van der Waals surface area contributed by atoms with Gasteiger partial charge in [0.25, 0.3) is 0 Å². The van der Waals surface area contributed by atoms with Gasteiger partial charge in [0.1, 0.15) is 0 Å². The lowest BCUT2D eigenvalue weighted by molar-refractivity contribution is 0.194. The van der Waals surface area contributed by atoms with Crippen LogP contribution in [0.5, 0.6) is 0 Å². The molecule has 0 saturated heterocycles. The molecule has 1 rings (SSSR count). The van der Waals surface area contributed by atoms with Crippen LogP contribution in [-0.4, -0.2) is 20.0 Å². The molecule has 5 nitrogen and oxygen atoms in total. The number of benzene rings is 1. The second-order valence-electron chi connectivity index (χ2n) is 4.36. The van der Waals surface area contributed by atoms with E-state index in [1.807, 2.05) is 26.0 Å². The van der Waals surface area contributed by atoms with Gasteiger partial charge in [-0.05, 0) is 22.6 Å². The van der Waals surface area contributed by atoms with Gasteiger partial charge in [0.2, 0.25) is 0 Å². The van der Waals surface area contributed by atoms with Gasteiger partial charge in [0, 0.05) is 6.54 Å². The highest BCUT2D eigenvalue weighted by Gasteiger charge is 2.07. The Balaban J connectivity index is 2.97. The summed E-state index contributed by atoms with van der Waals surface area (Å²) in [5, 5.41) is 10.9. The summed E-state index contributed by atoms with van der Waals surface area (Å²) in [6, 6.07) is 5.53. The minimum atomic E-state index is -1.90. The highest BCUT2D eigenvalue weighted by Crippen LogP contribution is 2.19. The van der Waals surface area contributed by atoms with Crippen LogP contribution in [-0.2, 0) is 23.4 Å². The topological polar surface area (TPSA) is 86.6 Å². The molecule has 1 atom stereocenters. The lowest BCUT2D eigenvalue weighted by Crippen LogP contribution is -2.20. The molecule has 1 amide bonds. The van der Waals surface area contributed by atoms with E-state index in [1.54, 1.807) is 6.07 Å². The van der Waals surface area contributed by atoms with E-state index < -0.39 is 17.2 Å². The standard InChI is InChI=1S/C12H17NO4S/c1-8(2)11-4-9(6-13-12(14)15)3-10(5-11)7-18(16)17/h3-5,8,13H,6-7H2,1-2H3,(H,14,15)(H,16,17). The second kappa shape index (κ2) is 6.51. The molecule has 0 fully saturated rings. The van der Waals surface area contributed by atoms with Gasteiger partial charge in [-0.2, -0.15) is 0 Å². The number of nitrogens with one attached hydrogen (secondary N) is 1. The number of carbonyl (C=O) groups is 1. The zero-order valence-corrected chi connectivity index (χ0v) is 11.2. The van der Waals surface area contributed by atoms with Crippen molar-refractivity contribution < 1.29 is 18.7 Å². The number of rotatable bonds is 5. The number of hydrogen-bond donors (Lipinski definition) is 3. The molecule has 1 unspecified atom stereocenters. The van der Waals surface area contributed by atoms with Crippen molar-refractivity contribution in [2.24, 2.45) is 0 Å². The van der Waals surface area contributed by atoms with E-state index in [9.17, 15) is 9.00 Å². The molecule has 0 aliphatic heterocycles. The molecule has 0 saturated carbocycles. The molecule has 0 heterocycles. The maximum Gasteiger partial charge on any atom is 0.404 e. The number of carboxylic acid groups (broad SMARTS) is 1. The normalized spacial score (nSPS) is 12.4. The highest BCUT2D eigenvalue weighted by atomic mass is 32.2. The predicted octanol–water partition coefficient (Wildman–Crippen LogP) is 2.30. The summed E-state index contributed by atoms with van der Waals surface area (Å²) in [5.74, 6) is 0.335. The largest absolute Gasteiger partial charge is 0.465 e. The van der Waals surface area contributed by atoms with E-state index in [4.69, 9.17) is 9.66 Å². The summed E-state index contributed by atoms with van der Waals surface area (Å²) in [6.07, 6.45) is -1.09. The van der Waals surface area contributed by atoms with Crippen LogP contribution in [0.25, 0.3) is 0 Å². The van der Waals surface area contributed by atoms with Gasteiger partial charge in [-0.15, -0.1) is 0 Å². The first kappa shape index (κ1) is 14.7. The Morgan fingerprint density at radius 3 is 2.44 bits per heavy atom. The molecule has 0 aliphatic carbocycles. The highest BCUT2D eigenvalue weighted by molar-refractivity contribution is 7.78. The zero-order valence-electron chi connectivity index (χ0n) is 10.3. The maximum absolute atomic E-state index is 10.8. The van der Waals surface area contributed by atoms with Gasteiger partial charge in [-0.25, -0.2) is 9.00 Å². The fourth-order valence-corrected chi connectivity index (χ4v) is 2.08. The average Bonchev–Trinajstić information content (AvgIpc) is 2.25. The molecule has 100 valence electrons. The minimum absolute atomic E-state index is 0.0562. The molecule has 0 bridgehead atoms. The first-order chi connectivity index (χ1) is 8.38. The quantitative estimate of drug-likeness (QED) is 0.717. The van der Waals surface area contributed by atoms with Crippen LogP contribution in [0.15, 0.2) is 18.2 Å². The van der Waals surface area contributed by atoms with Crippen molar-refractivity contribution >= 4 is 17.2 Å². The van der Waals surface area contributed by atoms with E-state index in [0.29, 0.717) is 0 Å². The van der Waals surface area contributed by atoms with E-state index in [2.05, 4.69) is 5.32 Å². The molecular formula is C12H17NO4S. The zero-order chi connectivity index (χ0) is 13.7. The van der Waals surface area contributed by atoms with E-state index >= 15 is 0 Å². The third-order valence-electron chi connectivity index (χ3n) is 2.48. The number of amides is 1. The van der Waals surface area contributed by atoms with Crippen molar-refractivity contribution in [3.63, 3.8) is 0 Å². The Morgan fingerprint density at radius 1 is 1.33 bits per heavy atom. The first-order valence-corrected chi connectivity index (χ1v) is 6.83. The fraction of sp³-hybridized carbons (Fsp3) is 0.417. The van der Waals surface area contributed by atoms with Gasteiger partial charge < -0.3 is 15.0 Å². The van der Waals surface area contributed by atoms with Crippen LogP contribution in [0.4, 0.5) is 4.79 Å². The average molecular weight is 271 g/mol. The molecule has 6 heteroatoms. The van der Waals surface area contributed by atoms with Gasteiger partial charge in [0.15, 0.2) is 11.1 Å². The third kappa shape index (κ3) is 4.85. The third-order valence-corrected chi connectivity index (χ3v) is 3.06. The molecule has 18 heavy (non-hydrogen) atoms. The second-order valence-corrected chi connectivity index (χ2v) is 5.29. The van der Waals surface area contributed by atoms with Crippen LogP contribution < -0.4 is 5.32 Å². The van der Waals surface area contributed by atoms with Crippen LogP contribution >= 0.6 is 0 Å². The first-order valence-electron chi connectivity index (χ1n) is 5.55. The Morgan fingerprint density at radius 2 is 1.94 bits per heavy atom. The summed E-state index contributed by atoms with van der Waals surface area (Å²) < 4.78 is 19.7. The van der Waals surface area contributed by atoms with Crippen LogP contribution in [0.2, 0.25) is 0 Å². The molecule has 1 aromatic carbocycles. The van der Waals surface area contributed by atoms with Crippen molar-refractivity contribution in [1.29, 1.82) is 0 Å². The van der Waals surface area contributed by atoms with E-state index in [-0.39, 0.29) is 18.2 Å². The Labute approximate surface area is 109 Å². The van der Waals surface area contributed by atoms with Gasteiger partial charge >= 0.3 is 6.09 Å². The molecule has 0 radical (unpaired) electrons. The fourth-order valence-electron chi connectivity index (χ4n) is 1.63. The molecule has 0 aromatic heterocycles. The molecular weight excluding hydrogens is 254 g/mol. The SMILES string of the molecule is CC(C)c1cc(CNC(=O)O)cc(CS(=O)O)c1. The smallest absolute Gasteiger partial charge is 0.404 e. The van der Waals surface area contributed by atoms with Crippen molar-refractivity contribution in [2.45, 2.75) is 32.1 Å². The van der Waals surface area contributed by atoms with Crippen LogP contribution in [0.1, 0.15) is 36.5 Å². The van der Waals surface area contributed by atoms with Crippen molar-refractivity contribution in [2.75, 3.05) is 0 Å². The molecule has 3 N–H and O–H groups in total. The lowest BCUT2D eigenvalue weighted by atomic mass is 9.98. The van der Waals surface area contributed by atoms with Crippen molar-refractivity contribution in [3.8, 4) is 0 Å². The maximum atomic E-state index is 10.8. The monoisotopic (exact) mass is 271 g/mol. The molecule has 1 aromatic rings. The van der Waals surface area contributed by atoms with E-state index in [0.717, 1.165) is 16.7 Å². The van der Waals surface area contributed by atoms with Crippen LogP contribution in [0, 0.1) is 0 Å². The summed E-state index contributed by atoms with van der Waals surface area (Å²) in [5.41, 5.74) is 2.56. The predicted molar refractivity (Wildman–Crippen MR) is 69.9 cm³/mol. The molecule has 0 aliphatic rings. The van der Waals surface area contributed by atoms with E-state index in [1.165, 1.54) is 0 Å². The van der Waals surface area contributed by atoms with Crippen LogP contribution in [0.3, 0.4) is 0 Å². The van der Waals surface area contributed by atoms with Crippen molar-refractivity contribution in [3.05, 3.63) is 34.9 Å². The Kier molecular flexibility index (Phi) is 5.30. The summed E-state index contributed by atoms with van der Waals surface area (Å²) in [6.45, 7) is 4.23. The Hall–Kier alpha value is -1.40. The summed E-state index contributed by atoms with van der Waals surface area (Å²) in [4.78, 5) is 10.5.